The number of aromatic nitrogens is 1. The third-order valence-electron chi connectivity index (χ3n) is 6.45. The Hall–Kier alpha value is -4.37. The van der Waals surface area contributed by atoms with Crippen molar-refractivity contribution in [2.75, 3.05) is 4.90 Å². The molecule has 0 fully saturated rings. The first-order valence-corrected chi connectivity index (χ1v) is 12.2. The fourth-order valence-electron chi connectivity index (χ4n) is 4.63. The number of rotatable bonds is 4. The fraction of sp³-hybridized carbons (Fsp3) is 0.148. The Labute approximate surface area is 208 Å². The summed E-state index contributed by atoms with van der Waals surface area (Å²) in [5, 5.41) is 12.2. The molecule has 1 aliphatic heterocycles. The lowest BCUT2D eigenvalue weighted by Gasteiger charge is -2.22. The van der Waals surface area contributed by atoms with Gasteiger partial charge in [0.1, 0.15) is 5.58 Å². The number of para-hydroxylation sites is 1. The van der Waals surface area contributed by atoms with E-state index >= 15 is 0 Å². The third kappa shape index (κ3) is 3.31. The van der Waals surface area contributed by atoms with Crippen LogP contribution in [0, 0.1) is 10.1 Å². The highest BCUT2D eigenvalue weighted by molar-refractivity contribution is 7.22. The molecule has 3 aromatic carbocycles. The highest BCUT2D eigenvalue weighted by Crippen LogP contribution is 2.44. The van der Waals surface area contributed by atoms with Gasteiger partial charge in [0.15, 0.2) is 10.6 Å². The van der Waals surface area contributed by atoms with E-state index in [0.717, 1.165) is 15.8 Å². The smallest absolute Gasteiger partial charge is 0.297 e. The number of fused-ring (bicyclic) bond motifs is 3. The summed E-state index contributed by atoms with van der Waals surface area (Å²) in [5.41, 5.74) is 2.28. The number of non-ortho nitro benzene ring substituents is 1. The van der Waals surface area contributed by atoms with Crippen molar-refractivity contribution in [3.8, 4) is 0 Å². The molecule has 1 amide bonds. The number of anilines is 1. The van der Waals surface area contributed by atoms with Gasteiger partial charge < -0.3 is 4.42 Å². The maximum Gasteiger partial charge on any atom is 0.297 e. The molecule has 0 saturated carbocycles. The number of carbonyl (C=O) groups is 1. The van der Waals surface area contributed by atoms with Crippen LogP contribution in [0.4, 0.5) is 10.8 Å². The van der Waals surface area contributed by atoms with Gasteiger partial charge in [-0.05, 0) is 41.3 Å². The second-order valence-corrected chi connectivity index (χ2v) is 9.99. The number of nitro groups is 1. The number of nitro benzene ring substituents is 1. The van der Waals surface area contributed by atoms with Crippen LogP contribution in [0.15, 0.2) is 75.9 Å². The topological polar surface area (TPSA) is 107 Å². The molecule has 0 spiro atoms. The van der Waals surface area contributed by atoms with E-state index in [1.54, 1.807) is 36.4 Å². The number of benzene rings is 3. The zero-order valence-electron chi connectivity index (χ0n) is 19.3. The van der Waals surface area contributed by atoms with Gasteiger partial charge in [-0.3, -0.25) is 24.6 Å². The molecule has 8 nitrogen and oxygen atoms in total. The molecule has 3 heterocycles. The van der Waals surface area contributed by atoms with Gasteiger partial charge in [0.25, 0.3) is 11.6 Å². The minimum Gasteiger partial charge on any atom is -0.450 e. The largest absolute Gasteiger partial charge is 0.450 e. The van der Waals surface area contributed by atoms with Crippen LogP contribution in [0.5, 0.6) is 0 Å². The van der Waals surface area contributed by atoms with Gasteiger partial charge >= 0.3 is 0 Å². The molecule has 0 saturated heterocycles. The summed E-state index contributed by atoms with van der Waals surface area (Å²) in [5.74, 6) is -0.255. The Kier molecular flexibility index (Phi) is 4.97. The summed E-state index contributed by atoms with van der Waals surface area (Å²) < 4.78 is 6.86. The van der Waals surface area contributed by atoms with Crippen molar-refractivity contribution in [1.29, 1.82) is 0 Å². The van der Waals surface area contributed by atoms with Gasteiger partial charge in [0.05, 0.1) is 32.1 Å². The lowest BCUT2D eigenvalue weighted by atomic mass is 9.98. The second-order valence-electron chi connectivity index (χ2n) is 8.98. The van der Waals surface area contributed by atoms with Crippen LogP contribution in [-0.2, 0) is 0 Å². The first-order chi connectivity index (χ1) is 17.3. The fourth-order valence-corrected chi connectivity index (χ4v) is 5.67. The molecule has 0 unspecified atom stereocenters. The average Bonchev–Trinajstić information content (AvgIpc) is 3.42. The number of amides is 1. The molecule has 0 aliphatic carbocycles. The van der Waals surface area contributed by atoms with Gasteiger partial charge in [-0.25, -0.2) is 4.98 Å². The Morgan fingerprint density at radius 1 is 1.06 bits per heavy atom. The van der Waals surface area contributed by atoms with E-state index in [1.807, 2.05) is 12.1 Å². The van der Waals surface area contributed by atoms with Gasteiger partial charge in [-0.2, -0.15) is 0 Å². The summed E-state index contributed by atoms with van der Waals surface area (Å²) in [6.07, 6.45) is 0. The van der Waals surface area contributed by atoms with Crippen molar-refractivity contribution >= 4 is 49.2 Å². The van der Waals surface area contributed by atoms with Crippen molar-refractivity contribution in [3.05, 3.63) is 110 Å². The Morgan fingerprint density at radius 3 is 2.64 bits per heavy atom. The number of thiazole rings is 1. The second kappa shape index (κ2) is 8.10. The molecule has 5 aromatic rings. The van der Waals surface area contributed by atoms with Crippen LogP contribution in [0.25, 0.3) is 21.2 Å². The summed E-state index contributed by atoms with van der Waals surface area (Å²) >= 11 is 1.34. The first kappa shape index (κ1) is 22.1. The average molecular weight is 498 g/mol. The van der Waals surface area contributed by atoms with E-state index in [-0.39, 0.29) is 22.4 Å². The molecule has 9 heteroatoms. The molecule has 0 radical (unpaired) electrons. The minimum absolute atomic E-state index is 0.0719. The monoisotopic (exact) mass is 497 g/mol. The Bertz CT molecular complexity index is 1770. The van der Waals surface area contributed by atoms with Crippen LogP contribution in [0.3, 0.4) is 0 Å². The molecular weight excluding hydrogens is 478 g/mol. The first-order valence-electron chi connectivity index (χ1n) is 11.4. The Morgan fingerprint density at radius 2 is 1.86 bits per heavy atom. The van der Waals surface area contributed by atoms with Crippen LogP contribution >= 0.6 is 11.3 Å². The molecule has 1 atom stereocenters. The van der Waals surface area contributed by atoms with Gasteiger partial charge in [-0.15, -0.1) is 0 Å². The number of carbonyl (C=O) groups excluding carboxylic acids is 1. The summed E-state index contributed by atoms with van der Waals surface area (Å²) in [6.45, 7) is 4.20. The highest BCUT2D eigenvalue weighted by atomic mass is 32.1. The lowest BCUT2D eigenvalue weighted by molar-refractivity contribution is -0.384. The predicted molar refractivity (Wildman–Crippen MR) is 138 cm³/mol. The minimum atomic E-state index is -0.918. The van der Waals surface area contributed by atoms with Crippen LogP contribution in [-0.4, -0.2) is 15.8 Å². The highest BCUT2D eigenvalue weighted by Gasteiger charge is 2.45. The third-order valence-corrected chi connectivity index (χ3v) is 7.47. The van der Waals surface area contributed by atoms with Crippen LogP contribution in [0.2, 0.25) is 0 Å². The standard InChI is InChI=1S/C27H19N3O5S/c1-14(2)15-10-11-19-21(13-15)36-27(28-19)29-23(16-6-5-7-17(12-16)30(33)34)22-24(31)18-8-3-4-9-20(18)35-25(22)26(29)32/h3-14,23H,1-2H3/t23-/m0/s1. The molecular formula is C27H19N3O5S. The number of nitrogens with zero attached hydrogens (tertiary/aromatic N) is 3. The maximum absolute atomic E-state index is 13.8. The van der Waals surface area contributed by atoms with Crippen LogP contribution in [0.1, 0.15) is 53.1 Å². The van der Waals surface area contributed by atoms with E-state index in [4.69, 9.17) is 9.40 Å². The van der Waals surface area contributed by atoms with Crippen molar-refractivity contribution < 1.29 is 14.1 Å². The summed E-state index contributed by atoms with van der Waals surface area (Å²) in [7, 11) is 0. The SMILES string of the molecule is CC(C)c1ccc2nc(N3C(=O)c4oc5ccccc5c(=O)c4[C@@H]3c3cccc([N+](=O)[O-])c3)sc2c1. The van der Waals surface area contributed by atoms with Crippen molar-refractivity contribution in [1.82, 2.24) is 4.98 Å². The van der Waals surface area contributed by atoms with E-state index in [1.165, 1.54) is 28.4 Å². The van der Waals surface area contributed by atoms with Crippen molar-refractivity contribution in [3.63, 3.8) is 0 Å². The van der Waals surface area contributed by atoms with Crippen molar-refractivity contribution in [2.45, 2.75) is 25.8 Å². The maximum atomic E-state index is 13.8. The molecule has 0 bridgehead atoms. The van der Waals surface area contributed by atoms with E-state index in [2.05, 4.69) is 19.9 Å². The lowest BCUT2D eigenvalue weighted by Crippen LogP contribution is -2.29. The number of hydrogen-bond donors (Lipinski definition) is 0. The molecule has 0 N–H and O–H groups in total. The normalized spacial score (nSPS) is 15.2. The van der Waals surface area contributed by atoms with Crippen LogP contribution < -0.4 is 10.3 Å². The summed E-state index contributed by atoms with van der Waals surface area (Å²) in [4.78, 5) is 44.6. The molecule has 1 aliphatic rings. The predicted octanol–water partition coefficient (Wildman–Crippen LogP) is 6.18. The number of hydrogen-bond acceptors (Lipinski definition) is 7. The van der Waals surface area contributed by atoms with E-state index in [9.17, 15) is 19.7 Å². The summed E-state index contributed by atoms with van der Waals surface area (Å²) in [6, 6.07) is 17.8. The molecule has 2 aromatic heterocycles. The van der Waals surface area contributed by atoms with Gasteiger partial charge in [-0.1, -0.05) is 55.5 Å². The van der Waals surface area contributed by atoms with E-state index < -0.39 is 16.9 Å². The van der Waals surface area contributed by atoms with Gasteiger partial charge in [0.2, 0.25) is 5.76 Å². The zero-order valence-corrected chi connectivity index (χ0v) is 20.1. The molecule has 6 rings (SSSR count). The Balaban J connectivity index is 1.61. The van der Waals surface area contributed by atoms with Crippen molar-refractivity contribution in [2.24, 2.45) is 0 Å². The zero-order chi connectivity index (χ0) is 25.1. The van der Waals surface area contributed by atoms with E-state index in [0.29, 0.717) is 27.6 Å². The molecule has 36 heavy (non-hydrogen) atoms. The molecule has 178 valence electrons. The van der Waals surface area contributed by atoms with Gasteiger partial charge in [0, 0.05) is 12.1 Å². The quantitative estimate of drug-likeness (QED) is 0.217.